The summed E-state index contributed by atoms with van der Waals surface area (Å²) < 4.78 is 9.17. The summed E-state index contributed by atoms with van der Waals surface area (Å²) >= 11 is 3.45. The zero-order valence-corrected chi connectivity index (χ0v) is 15.8. The predicted molar refractivity (Wildman–Crippen MR) is 96.2 cm³/mol. The van der Waals surface area contributed by atoms with E-state index in [1.165, 1.54) is 44.1 Å². The maximum absolute atomic E-state index is 6.43. The maximum atomic E-state index is 6.43. The van der Waals surface area contributed by atoms with E-state index < -0.39 is 0 Å². The van der Waals surface area contributed by atoms with Crippen LogP contribution in [0.15, 0.2) is 17.0 Å². The van der Waals surface area contributed by atoms with E-state index in [0.717, 1.165) is 46.9 Å². The fraction of sp³-hybridized carbons (Fsp3) is 0.684. The van der Waals surface area contributed by atoms with Crippen LogP contribution in [-0.4, -0.2) is 21.2 Å². The molecule has 0 unspecified atom stereocenters. The summed E-state index contributed by atoms with van der Waals surface area (Å²) in [5, 5.41) is 8.32. The number of aromatic nitrogens is 3. The van der Waals surface area contributed by atoms with Gasteiger partial charge in [0.2, 0.25) is 4.73 Å². The third-order valence-electron chi connectivity index (χ3n) is 6.62. The van der Waals surface area contributed by atoms with Gasteiger partial charge < -0.3 is 4.74 Å². The third kappa shape index (κ3) is 2.39. The minimum atomic E-state index is 0.445. The van der Waals surface area contributed by atoms with Gasteiger partial charge in [-0.15, -0.1) is 10.2 Å². The van der Waals surface area contributed by atoms with Crippen LogP contribution >= 0.6 is 15.9 Å². The van der Waals surface area contributed by atoms with Gasteiger partial charge in [0.1, 0.15) is 5.75 Å². The average Bonchev–Trinajstić information content (AvgIpc) is 2.91. The molecule has 0 radical (unpaired) electrons. The molecule has 0 aromatic carbocycles. The Morgan fingerprint density at radius 3 is 2.46 bits per heavy atom. The van der Waals surface area contributed by atoms with E-state index in [0.29, 0.717) is 5.41 Å². The van der Waals surface area contributed by atoms with Gasteiger partial charge in [0.05, 0.1) is 6.61 Å². The van der Waals surface area contributed by atoms with Crippen LogP contribution in [0.4, 0.5) is 0 Å². The van der Waals surface area contributed by atoms with Gasteiger partial charge in [-0.05, 0) is 78.6 Å². The highest BCUT2D eigenvalue weighted by molar-refractivity contribution is 9.10. The van der Waals surface area contributed by atoms with Crippen LogP contribution in [0, 0.1) is 23.2 Å². The molecule has 24 heavy (non-hydrogen) atoms. The number of hydrogen-bond acceptors (Lipinski definition) is 3. The zero-order chi connectivity index (χ0) is 16.3. The van der Waals surface area contributed by atoms with Crippen LogP contribution in [0.3, 0.4) is 0 Å². The summed E-state index contributed by atoms with van der Waals surface area (Å²) in [4.78, 5) is 0. The largest absolute Gasteiger partial charge is 0.493 e. The Morgan fingerprint density at radius 1 is 1.17 bits per heavy atom. The Morgan fingerprint density at radius 2 is 1.83 bits per heavy atom. The highest BCUT2D eigenvalue weighted by Gasteiger charge is 2.51. The van der Waals surface area contributed by atoms with Crippen molar-refractivity contribution in [1.82, 2.24) is 14.6 Å². The number of nitrogens with zero attached hydrogens (tertiary/aromatic N) is 3. The van der Waals surface area contributed by atoms with Crippen LogP contribution < -0.4 is 4.74 Å². The summed E-state index contributed by atoms with van der Waals surface area (Å²) in [5.41, 5.74) is 2.52. The van der Waals surface area contributed by atoms with Gasteiger partial charge in [0, 0.05) is 23.2 Å². The second kappa shape index (κ2) is 5.45. The van der Waals surface area contributed by atoms with Crippen LogP contribution in [0.1, 0.15) is 51.0 Å². The molecule has 2 aromatic rings. The average molecular weight is 390 g/mol. The molecule has 2 heterocycles. The standard InChI is InChI=1S/C19H24BrN3O/c1-2-15-10-23-17(21-22-18(23)20)6-16(15)24-11-19-7-12-3-13(8-19)5-14(4-12)9-19/h6,10,12-14H,2-5,7-9,11H2,1H3. The molecule has 6 rings (SSSR count). The van der Waals surface area contributed by atoms with Gasteiger partial charge in [-0.2, -0.15) is 0 Å². The van der Waals surface area contributed by atoms with Crippen molar-refractivity contribution in [3.05, 3.63) is 22.6 Å². The first-order chi connectivity index (χ1) is 11.6. The number of hydrogen-bond donors (Lipinski definition) is 0. The number of aryl methyl sites for hydroxylation is 1. The number of fused-ring (bicyclic) bond motifs is 1. The zero-order valence-electron chi connectivity index (χ0n) is 14.2. The fourth-order valence-electron chi connectivity index (χ4n) is 6.03. The summed E-state index contributed by atoms with van der Waals surface area (Å²) in [5.74, 6) is 3.92. The van der Waals surface area contributed by atoms with Crippen LogP contribution in [0.2, 0.25) is 0 Å². The molecular weight excluding hydrogens is 366 g/mol. The van der Waals surface area contributed by atoms with E-state index in [2.05, 4.69) is 45.3 Å². The molecule has 128 valence electrons. The molecule has 2 aromatic heterocycles. The topological polar surface area (TPSA) is 39.4 Å². The van der Waals surface area contributed by atoms with Crippen molar-refractivity contribution < 1.29 is 4.74 Å². The van der Waals surface area contributed by atoms with Gasteiger partial charge >= 0.3 is 0 Å². The van der Waals surface area contributed by atoms with Crippen molar-refractivity contribution in [2.24, 2.45) is 23.2 Å². The van der Waals surface area contributed by atoms with Crippen molar-refractivity contribution in [3.63, 3.8) is 0 Å². The highest BCUT2D eigenvalue weighted by Crippen LogP contribution is 2.60. The Hall–Kier alpha value is -1.10. The quantitative estimate of drug-likeness (QED) is 0.763. The molecule has 4 bridgehead atoms. The summed E-state index contributed by atoms with van der Waals surface area (Å²) in [7, 11) is 0. The Kier molecular flexibility index (Phi) is 3.45. The molecule has 0 spiro atoms. The van der Waals surface area contributed by atoms with E-state index >= 15 is 0 Å². The molecule has 4 aliphatic rings. The van der Waals surface area contributed by atoms with E-state index in [9.17, 15) is 0 Å². The maximum Gasteiger partial charge on any atom is 0.204 e. The first kappa shape index (κ1) is 15.2. The van der Waals surface area contributed by atoms with Gasteiger partial charge in [-0.3, -0.25) is 4.40 Å². The number of halogens is 1. The van der Waals surface area contributed by atoms with Gasteiger partial charge in [-0.1, -0.05) is 6.92 Å². The number of ether oxygens (including phenoxy) is 1. The lowest BCUT2D eigenvalue weighted by atomic mass is 9.50. The van der Waals surface area contributed by atoms with Crippen molar-refractivity contribution in [2.75, 3.05) is 6.61 Å². The smallest absolute Gasteiger partial charge is 0.204 e. The Balaban J connectivity index is 1.41. The first-order valence-electron chi connectivity index (χ1n) is 9.30. The van der Waals surface area contributed by atoms with Crippen LogP contribution in [0.25, 0.3) is 5.65 Å². The van der Waals surface area contributed by atoms with Crippen LogP contribution in [-0.2, 0) is 6.42 Å². The van der Waals surface area contributed by atoms with Gasteiger partial charge in [0.15, 0.2) is 5.65 Å². The minimum absolute atomic E-state index is 0.445. The van der Waals surface area contributed by atoms with E-state index in [1.54, 1.807) is 0 Å². The molecular formula is C19H24BrN3O. The van der Waals surface area contributed by atoms with E-state index in [4.69, 9.17) is 4.74 Å². The Bertz CT molecular complexity index is 749. The molecule has 4 nitrogen and oxygen atoms in total. The first-order valence-corrected chi connectivity index (χ1v) is 10.1. The minimum Gasteiger partial charge on any atom is -0.493 e. The van der Waals surface area contributed by atoms with Crippen molar-refractivity contribution in [3.8, 4) is 5.75 Å². The third-order valence-corrected chi connectivity index (χ3v) is 7.16. The Labute approximate surface area is 151 Å². The van der Waals surface area contributed by atoms with Gasteiger partial charge in [-0.25, -0.2) is 0 Å². The van der Waals surface area contributed by atoms with Crippen LogP contribution in [0.5, 0.6) is 5.75 Å². The van der Waals surface area contributed by atoms with E-state index in [-0.39, 0.29) is 0 Å². The molecule has 0 N–H and O–H groups in total. The van der Waals surface area contributed by atoms with Gasteiger partial charge in [0.25, 0.3) is 0 Å². The predicted octanol–water partition coefficient (Wildman–Crippen LogP) is 4.65. The van der Waals surface area contributed by atoms with Crippen molar-refractivity contribution in [1.29, 1.82) is 0 Å². The lowest BCUT2D eigenvalue weighted by molar-refractivity contribution is -0.0746. The molecule has 5 heteroatoms. The molecule has 0 atom stereocenters. The molecule has 4 saturated carbocycles. The summed E-state index contributed by atoms with van der Waals surface area (Å²) in [6.07, 6.45) is 11.7. The lowest BCUT2D eigenvalue weighted by Gasteiger charge is -2.56. The normalized spacial score (nSPS) is 34.2. The molecule has 0 amide bonds. The fourth-order valence-corrected chi connectivity index (χ4v) is 6.39. The monoisotopic (exact) mass is 389 g/mol. The SMILES string of the molecule is CCc1cn2c(Br)nnc2cc1OCC12CC3CC(CC(C3)C1)C2. The molecule has 0 aliphatic heterocycles. The second-order valence-electron chi connectivity index (χ2n) is 8.42. The summed E-state index contributed by atoms with van der Waals surface area (Å²) in [6, 6.07) is 2.05. The molecule has 0 saturated heterocycles. The summed E-state index contributed by atoms with van der Waals surface area (Å²) in [6.45, 7) is 3.06. The second-order valence-corrected chi connectivity index (χ2v) is 9.13. The lowest BCUT2D eigenvalue weighted by Crippen LogP contribution is -2.48. The number of rotatable bonds is 4. The molecule has 4 fully saturated rings. The van der Waals surface area contributed by atoms with Crippen molar-refractivity contribution in [2.45, 2.75) is 51.9 Å². The highest BCUT2D eigenvalue weighted by atomic mass is 79.9. The van der Waals surface area contributed by atoms with E-state index in [1.807, 2.05) is 4.40 Å². The molecule has 4 aliphatic carbocycles. The number of pyridine rings is 1. The van der Waals surface area contributed by atoms with Crippen molar-refractivity contribution >= 4 is 21.6 Å².